The maximum absolute atomic E-state index is 3.98. The van der Waals surface area contributed by atoms with E-state index in [1.165, 1.54) is 0 Å². The van der Waals surface area contributed by atoms with E-state index >= 15 is 0 Å². The Labute approximate surface area is 76.1 Å². The molecule has 0 aliphatic rings. The second kappa shape index (κ2) is 5.64. The molecule has 0 heterocycles. The number of rotatable bonds is 5. The van der Waals surface area contributed by atoms with Crippen molar-refractivity contribution < 1.29 is 0 Å². The molecule has 1 heteroatoms. The monoisotopic (exact) mass is 165 g/mol. The van der Waals surface area contributed by atoms with Gasteiger partial charge in [-0.05, 0) is 19.4 Å². The second-order valence-corrected chi connectivity index (χ2v) is 2.87. The van der Waals surface area contributed by atoms with Crippen LogP contribution in [-0.2, 0) is 0 Å². The van der Waals surface area contributed by atoms with E-state index in [1.54, 1.807) is 0 Å². The maximum Gasteiger partial charge on any atom is 0.0329 e. The molecule has 0 bridgehead atoms. The van der Waals surface area contributed by atoms with E-state index in [9.17, 15) is 0 Å². The molecule has 0 aromatic heterocycles. The molecule has 12 heavy (non-hydrogen) atoms. The van der Waals surface area contributed by atoms with Crippen LogP contribution in [0.1, 0.15) is 26.7 Å². The first-order valence-electron chi connectivity index (χ1n) is 4.36. The maximum atomic E-state index is 3.98. The zero-order valence-corrected chi connectivity index (χ0v) is 8.43. The molecule has 0 fully saturated rings. The summed E-state index contributed by atoms with van der Waals surface area (Å²) < 4.78 is 0. The molecule has 0 unspecified atom stereocenters. The number of nitrogens with zero attached hydrogens (tertiary/aromatic N) is 1. The molecule has 0 spiro atoms. The number of hydrogen-bond donors (Lipinski definition) is 0. The van der Waals surface area contributed by atoms with Crippen molar-refractivity contribution in [1.82, 2.24) is 4.90 Å². The highest BCUT2D eigenvalue weighted by Crippen LogP contribution is 2.12. The highest BCUT2D eigenvalue weighted by atomic mass is 15.1. The van der Waals surface area contributed by atoms with Crippen molar-refractivity contribution in [2.75, 3.05) is 7.05 Å². The third-order valence-corrected chi connectivity index (χ3v) is 1.80. The molecule has 0 rings (SSSR count). The third kappa shape index (κ3) is 3.42. The highest BCUT2D eigenvalue weighted by molar-refractivity contribution is 5.17. The number of hydrogen-bond acceptors (Lipinski definition) is 1. The summed E-state index contributed by atoms with van der Waals surface area (Å²) in [4.78, 5) is 2.03. The topological polar surface area (TPSA) is 3.24 Å². The van der Waals surface area contributed by atoms with Gasteiger partial charge < -0.3 is 4.90 Å². The molecule has 0 atom stereocenters. The quantitative estimate of drug-likeness (QED) is 0.565. The molecule has 0 amide bonds. The Kier molecular flexibility index (Phi) is 5.18. The van der Waals surface area contributed by atoms with Gasteiger partial charge in [0.25, 0.3) is 0 Å². The lowest BCUT2D eigenvalue weighted by molar-refractivity contribution is 0.511. The van der Waals surface area contributed by atoms with Gasteiger partial charge in [-0.25, -0.2) is 0 Å². The van der Waals surface area contributed by atoms with Crippen molar-refractivity contribution in [3.8, 4) is 0 Å². The summed E-state index contributed by atoms with van der Waals surface area (Å²) in [6.07, 6.45) is 6.14. The van der Waals surface area contributed by atoms with E-state index in [-0.39, 0.29) is 0 Å². The highest BCUT2D eigenvalue weighted by Gasteiger charge is 2.01. The first kappa shape index (κ1) is 11.0. The Morgan fingerprint density at radius 3 is 2.42 bits per heavy atom. The zero-order valence-electron chi connectivity index (χ0n) is 8.43. The van der Waals surface area contributed by atoms with Crippen LogP contribution in [0.15, 0.2) is 36.7 Å². The molecule has 68 valence electrons. The zero-order chi connectivity index (χ0) is 9.56. The minimum Gasteiger partial charge on any atom is -0.349 e. The summed E-state index contributed by atoms with van der Waals surface area (Å²) in [6.45, 7) is 12.0. The summed E-state index contributed by atoms with van der Waals surface area (Å²) in [5.41, 5.74) is 2.12. The normalized spacial score (nSPS) is 10.2. The van der Waals surface area contributed by atoms with Crippen LogP contribution in [0.3, 0.4) is 0 Å². The van der Waals surface area contributed by atoms with Crippen molar-refractivity contribution in [2.45, 2.75) is 26.7 Å². The number of likely N-dealkylation sites (N-methyl/N-ethyl adjacent to an activating group) is 1. The molecule has 0 aromatic carbocycles. The smallest absolute Gasteiger partial charge is 0.0329 e. The fourth-order valence-corrected chi connectivity index (χ4v) is 0.964. The molecule has 1 nitrogen and oxygen atoms in total. The average Bonchev–Trinajstić information content (AvgIpc) is 2.04. The predicted molar refractivity (Wildman–Crippen MR) is 55.8 cm³/mol. The van der Waals surface area contributed by atoms with Crippen LogP contribution in [0.5, 0.6) is 0 Å². The second-order valence-electron chi connectivity index (χ2n) is 2.87. The van der Waals surface area contributed by atoms with Crippen molar-refractivity contribution in [3.05, 3.63) is 36.7 Å². The van der Waals surface area contributed by atoms with Crippen LogP contribution >= 0.6 is 0 Å². The molecule has 0 saturated carbocycles. The van der Waals surface area contributed by atoms with Crippen LogP contribution in [0.4, 0.5) is 0 Å². The van der Waals surface area contributed by atoms with Crippen molar-refractivity contribution in [3.63, 3.8) is 0 Å². The average molecular weight is 165 g/mol. The molecule has 0 aromatic rings. The Hall–Kier alpha value is -0.980. The summed E-state index contributed by atoms with van der Waals surface area (Å²) in [6, 6.07) is 0. The van der Waals surface area contributed by atoms with E-state index in [2.05, 4.69) is 20.1 Å². The van der Waals surface area contributed by atoms with E-state index in [4.69, 9.17) is 0 Å². The van der Waals surface area contributed by atoms with E-state index in [1.807, 2.05) is 31.0 Å². The first-order valence-corrected chi connectivity index (χ1v) is 4.36. The largest absolute Gasteiger partial charge is 0.349 e. The lowest BCUT2D eigenvalue weighted by Gasteiger charge is -2.21. The standard InChI is InChI=1S/C11H19N/c1-6-8-10(3)12(5)11(4)9-7-2/h6,8H,3-4,7,9H2,1-2,5H3/b8-6-. The van der Waals surface area contributed by atoms with Crippen molar-refractivity contribution >= 4 is 0 Å². The van der Waals surface area contributed by atoms with Crippen molar-refractivity contribution in [2.24, 2.45) is 0 Å². The van der Waals surface area contributed by atoms with Gasteiger partial charge >= 0.3 is 0 Å². The lowest BCUT2D eigenvalue weighted by Crippen LogP contribution is -2.14. The fourth-order valence-electron chi connectivity index (χ4n) is 0.964. The van der Waals surface area contributed by atoms with Gasteiger partial charge in [-0.3, -0.25) is 0 Å². The molecular formula is C11H19N. The van der Waals surface area contributed by atoms with Crippen LogP contribution in [0.25, 0.3) is 0 Å². The van der Waals surface area contributed by atoms with Gasteiger partial charge in [-0.15, -0.1) is 0 Å². The van der Waals surface area contributed by atoms with Crippen LogP contribution in [0.2, 0.25) is 0 Å². The lowest BCUT2D eigenvalue weighted by atomic mass is 10.2. The third-order valence-electron chi connectivity index (χ3n) is 1.80. The van der Waals surface area contributed by atoms with E-state index in [0.717, 1.165) is 24.2 Å². The Bertz CT molecular complexity index is 189. The van der Waals surface area contributed by atoms with Gasteiger partial charge in [0.2, 0.25) is 0 Å². The summed E-state index contributed by atoms with van der Waals surface area (Å²) in [7, 11) is 2.00. The van der Waals surface area contributed by atoms with Gasteiger partial charge in [0.05, 0.1) is 0 Å². The fraction of sp³-hybridized carbons (Fsp3) is 0.455. The minimum absolute atomic E-state index is 0.996. The van der Waals surface area contributed by atoms with Gasteiger partial charge in [0, 0.05) is 18.4 Å². The van der Waals surface area contributed by atoms with Crippen molar-refractivity contribution in [1.29, 1.82) is 0 Å². The predicted octanol–water partition coefficient (Wildman–Crippen LogP) is 3.32. The van der Waals surface area contributed by atoms with Gasteiger partial charge in [0.1, 0.15) is 0 Å². The minimum atomic E-state index is 0.996. The molecule has 0 saturated heterocycles. The van der Waals surface area contributed by atoms with E-state index < -0.39 is 0 Å². The SMILES string of the molecule is C=C(/C=C\C)N(C)C(=C)CCC. The van der Waals surface area contributed by atoms with Crippen LogP contribution in [0, 0.1) is 0 Å². The van der Waals surface area contributed by atoms with Gasteiger partial charge in [0.15, 0.2) is 0 Å². The molecule has 0 radical (unpaired) electrons. The molecule has 0 aliphatic heterocycles. The van der Waals surface area contributed by atoms with Crippen LogP contribution in [-0.4, -0.2) is 11.9 Å². The summed E-state index contributed by atoms with van der Waals surface area (Å²) >= 11 is 0. The number of allylic oxidation sites excluding steroid dienone is 3. The Morgan fingerprint density at radius 1 is 1.42 bits per heavy atom. The summed E-state index contributed by atoms with van der Waals surface area (Å²) in [5, 5.41) is 0. The molecule has 0 N–H and O–H groups in total. The summed E-state index contributed by atoms with van der Waals surface area (Å²) in [5.74, 6) is 0. The molecule has 0 aliphatic carbocycles. The first-order chi connectivity index (χ1) is 5.63. The van der Waals surface area contributed by atoms with Crippen LogP contribution < -0.4 is 0 Å². The Morgan fingerprint density at radius 2 is 2.00 bits per heavy atom. The van der Waals surface area contributed by atoms with Gasteiger partial charge in [-0.2, -0.15) is 0 Å². The Balaban J connectivity index is 4.09. The molecular weight excluding hydrogens is 146 g/mol. The van der Waals surface area contributed by atoms with E-state index in [0.29, 0.717) is 0 Å². The van der Waals surface area contributed by atoms with Gasteiger partial charge in [-0.1, -0.05) is 32.6 Å².